The lowest BCUT2D eigenvalue weighted by Crippen LogP contribution is -2.52. The molecule has 2 unspecified atom stereocenters. The summed E-state index contributed by atoms with van der Waals surface area (Å²) in [5.41, 5.74) is 0. The number of methoxy groups -OCH3 is 1. The molecule has 1 rings (SSSR count). The molecule has 1 aliphatic rings. The predicted octanol–water partition coefficient (Wildman–Crippen LogP) is 0.785. The largest absolute Gasteiger partial charge is 0.469 e. The maximum atomic E-state index is 11.4. The highest BCUT2D eigenvalue weighted by Gasteiger charge is 2.30. The Balaban J connectivity index is 2.61. The van der Waals surface area contributed by atoms with Gasteiger partial charge in [0, 0.05) is 38.5 Å². The lowest BCUT2D eigenvalue weighted by Gasteiger charge is -2.39. The lowest BCUT2D eigenvalue weighted by molar-refractivity contribution is -0.142. The number of nitrogens with one attached hydrogen (secondary N) is 1. The Labute approximate surface area is 109 Å². The molecule has 1 aliphatic heterocycles. The van der Waals surface area contributed by atoms with Gasteiger partial charge in [-0.3, -0.25) is 14.5 Å². The summed E-state index contributed by atoms with van der Waals surface area (Å²) in [4.78, 5) is 24.8. The summed E-state index contributed by atoms with van der Waals surface area (Å²) in [6, 6.07) is 0.551. The summed E-state index contributed by atoms with van der Waals surface area (Å²) in [7, 11) is 1.41. The SMILES string of the molecule is COC(=O)CC1CC(NC(C)=O)CN(C(C)C)C1. The first-order chi connectivity index (χ1) is 8.42. The van der Waals surface area contributed by atoms with Gasteiger partial charge in [0.2, 0.25) is 5.91 Å². The van der Waals surface area contributed by atoms with E-state index in [4.69, 9.17) is 4.74 Å². The normalized spacial score (nSPS) is 24.9. The van der Waals surface area contributed by atoms with Crippen molar-refractivity contribution in [2.75, 3.05) is 20.2 Å². The molecular weight excluding hydrogens is 232 g/mol. The molecule has 0 saturated carbocycles. The number of esters is 1. The van der Waals surface area contributed by atoms with Crippen LogP contribution in [0.4, 0.5) is 0 Å². The number of rotatable bonds is 4. The molecule has 1 fully saturated rings. The Bertz CT molecular complexity index is 305. The maximum Gasteiger partial charge on any atom is 0.305 e. The van der Waals surface area contributed by atoms with Gasteiger partial charge in [-0.15, -0.1) is 0 Å². The monoisotopic (exact) mass is 256 g/mol. The fourth-order valence-electron chi connectivity index (χ4n) is 2.52. The van der Waals surface area contributed by atoms with Gasteiger partial charge in [0.25, 0.3) is 0 Å². The highest BCUT2D eigenvalue weighted by Crippen LogP contribution is 2.22. The quantitative estimate of drug-likeness (QED) is 0.755. The zero-order valence-electron chi connectivity index (χ0n) is 11.7. The second-order valence-corrected chi connectivity index (χ2v) is 5.33. The molecule has 1 saturated heterocycles. The van der Waals surface area contributed by atoms with Crippen LogP contribution in [0.2, 0.25) is 0 Å². The van der Waals surface area contributed by atoms with Crippen LogP contribution in [0.5, 0.6) is 0 Å². The van der Waals surface area contributed by atoms with E-state index >= 15 is 0 Å². The van der Waals surface area contributed by atoms with E-state index in [1.165, 1.54) is 14.0 Å². The molecule has 0 bridgehead atoms. The average Bonchev–Trinajstić information content (AvgIpc) is 2.27. The van der Waals surface area contributed by atoms with Gasteiger partial charge in [-0.2, -0.15) is 0 Å². The third-order valence-corrected chi connectivity index (χ3v) is 3.39. The zero-order valence-corrected chi connectivity index (χ0v) is 11.7. The number of piperidine rings is 1. The molecular formula is C13H24N2O3. The van der Waals surface area contributed by atoms with Gasteiger partial charge >= 0.3 is 5.97 Å². The molecule has 5 heteroatoms. The fraction of sp³-hybridized carbons (Fsp3) is 0.846. The summed E-state index contributed by atoms with van der Waals surface area (Å²) in [5, 5.41) is 2.96. The molecule has 0 aromatic rings. The van der Waals surface area contributed by atoms with E-state index in [-0.39, 0.29) is 23.8 Å². The van der Waals surface area contributed by atoms with Gasteiger partial charge in [-0.05, 0) is 26.2 Å². The molecule has 1 N–H and O–H groups in total. The molecule has 5 nitrogen and oxygen atoms in total. The minimum atomic E-state index is -0.174. The molecule has 0 radical (unpaired) electrons. The van der Waals surface area contributed by atoms with Crippen LogP contribution < -0.4 is 5.32 Å². The van der Waals surface area contributed by atoms with Gasteiger partial charge in [-0.1, -0.05) is 0 Å². The van der Waals surface area contributed by atoms with Crippen molar-refractivity contribution in [2.24, 2.45) is 5.92 Å². The summed E-state index contributed by atoms with van der Waals surface area (Å²) in [6.45, 7) is 7.54. The van der Waals surface area contributed by atoms with Crippen LogP contribution in [0, 0.1) is 5.92 Å². The van der Waals surface area contributed by atoms with E-state index in [0.717, 1.165) is 19.5 Å². The first-order valence-electron chi connectivity index (χ1n) is 6.50. The van der Waals surface area contributed by atoms with Crippen molar-refractivity contribution in [3.63, 3.8) is 0 Å². The van der Waals surface area contributed by atoms with Crippen molar-refractivity contribution in [2.45, 2.75) is 45.7 Å². The minimum absolute atomic E-state index is 0.0116. The van der Waals surface area contributed by atoms with Crippen molar-refractivity contribution in [1.82, 2.24) is 10.2 Å². The van der Waals surface area contributed by atoms with E-state index in [9.17, 15) is 9.59 Å². The van der Waals surface area contributed by atoms with Crippen LogP contribution in [0.1, 0.15) is 33.6 Å². The van der Waals surface area contributed by atoms with Crippen molar-refractivity contribution < 1.29 is 14.3 Å². The number of carbonyl (C=O) groups is 2. The van der Waals surface area contributed by atoms with Gasteiger partial charge in [0.1, 0.15) is 0 Å². The summed E-state index contributed by atoms with van der Waals surface area (Å²) >= 11 is 0. The Morgan fingerprint density at radius 3 is 2.56 bits per heavy atom. The average molecular weight is 256 g/mol. The van der Waals surface area contributed by atoms with Gasteiger partial charge in [0.15, 0.2) is 0 Å². The van der Waals surface area contributed by atoms with Crippen molar-refractivity contribution >= 4 is 11.9 Å². The molecule has 1 amide bonds. The van der Waals surface area contributed by atoms with Crippen molar-refractivity contribution in [3.8, 4) is 0 Å². The van der Waals surface area contributed by atoms with Crippen LogP contribution in [0.15, 0.2) is 0 Å². The summed E-state index contributed by atoms with van der Waals surface area (Å²) in [6.07, 6.45) is 1.27. The van der Waals surface area contributed by atoms with E-state index in [1.807, 2.05) is 0 Å². The Morgan fingerprint density at radius 2 is 2.06 bits per heavy atom. The van der Waals surface area contributed by atoms with Crippen molar-refractivity contribution in [1.29, 1.82) is 0 Å². The predicted molar refractivity (Wildman–Crippen MR) is 69.1 cm³/mol. The van der Waals surface area contributed by atoms with Crippen molar-refractivity contribution in [3.05, 3.63) is 0 Å². The number of hydrogen-bond acceptors (Lipinski definition) is 4. The third kappa shape index (κ3) is 4.64. The molecule has 0 aromatic carbocycles. The lowest BCUT2D eigenvalue weighted by atomic mass is 9.90. The van der Waals surface area contributed by atoms with Gasteiger partial charge in [-0.25, -0.2) is 0 Å². The third-order valence-electron chi connectivity index (χ3n) is 3.39. The number of amides is 1. The topological polar surface area (TPSA) is 58.6 Å². The van der Waals surface area contributed by atoms with E-state index in [2.05, 4.69) is 24.1 Å². The number of nitrogens with zero attached hydrogens (tertiary/aromatic N) is 1. The van der Waals surface area contributed by atoms with E-state index in [0.29, 0.717) is 12.5 Å². The highest BCUT2D eigenvalue weighted by molar-refractivity contribution is 5.73. The number of hydrogen-bond donors (Lipinski definition) is 1. The second kappa shape index (κ2) is 6.73. The van der Waals surface area contributed by atoms with Crippen LogP contribution >= 0.6 is 0 Å². The van der Waals surface area contributed by atoms with Crippen LogP contribution in [0.3, 0.4) is 0 Å². The first kappa shape index (κ1) is 15.0. The van der Waals surface area contributed by atoms with Crippen LogP contribution in [0.25, 0.3) is 0 Å². The van der Waals surface area contributed by atoms with E-state index in [1.54, 1.807) is 0 Å². The second-order valence-electron chi connectivity index (χ2n) is 5.33. The molecule has 18 heavy (non-hydrogen) atoms. The summed E-state index contributed by atoms with van der Waals surface area (Å²) < 4.78 is 4.72. The molecule has 104 valence electrons. The minimum Gasteiger partial charge on any atom is -0.469 e. The standard InChI is InChI=1S/C13H24N2O3/c1-9(2)15-7-11(6-13(17)18-4)5-12(8-15)14-10(3)16/h9,11-12H,5-8H2,1-4H3,(H,14,16). The molecule has 0 aromatic heterocycles. The fourth-order valence-corrected chi connectivity index (χ4v) is 2.52. The highest BCUT2D eigenvalue weighted by atomic mass is 16.5. The zero-order chi connectivity index (χ0) is 13.7. The Kier molecular flexibility index (Phi) is 5.59. The van der Waals surface area contributed by atoms with Crippen LogP contribution in [-0.4, -0.2) is 49.1 Å². The molecule has 1 heterocycles. The number of ether oxygens (including phenoxy) is 1. The number of likely N-dealkylation sites (tertiary alicyclic amines) is 1. The molecule has 0 spiro atoms. The Morgan fingerprint density at radius 1 is 1.39 bits per heavy atom. The maximum absolute atomic E-state index is 11.4. The number of carbonyl (C=O) groups excluding carboxylic acids is 2. The first-order valence-corrected chi connectivity index (χ1v) is 6.50. The van der Waals surface area contributed by atoms with Crippen LogP contribution in [-0.2, 0) is 14.3 Å². The van der Waals surface area contributed by atoms with E-state index < -0.39 is 0 Å². The summed E-state index contributed by atoms with van der Waals surface area (Å²) in [5.74, 6) is 0.0695. The van der Waals surface area contributed by atoms with Gasteiger partial charge in [0.05, 0.1) is 7.11 Å². The Hall–Kier alpha value is -1.10. The molecule has 0 aliphatic carbocycles. The van der Waals surface area contributed by atoms with Gasteiger partial charge < -0.3 is 10.1 Å². The smallest absolute Gasteiger partial charge is 0.305 e. The molecule has 2 atom stereocenters.